The standard InChI is InChI=1S/C11H10FNO2/c12-8-2-1-7-4-13(9-5-15-6-9)11(14)10(7)3-8/h1-3,9H,4-6H2. The second kappa shape index (κ2) is 3.03. The summed E-state index contributed by atoms with van der Waals surface area (Å²) >= 11 is 0. The SMILES string of the molecule is O=C1c2cc(F)ccc2CN1C1COC1. The highest BCUT2D eigenvalue weighted by Gasteiger charge is 2.36. The van der Waals surface area contributed by atoms with Crippen molar-refractivity contribution in [2.24, 2.45) is 0 Å². The molecule has 3 nitrogen and oxygen atoms in total. The quantitative estimate of drug-likeness (QED) is 0.692. The van der Waals surface area contributed by atoms with E-state index in [-0.39, 0.29) is 17.8 Å². The van der Waals surface area contributed by atoms with Crippen LogP contribution in [0.4, 0.5) is 4.39 Å². The van der Waals surface area contributed by atoms with E-state index in [1.54, 1.807) is 11.0 Å². The minimum absolute atomic E-state index is 0.0715. The molecular weight excluding hydrogens is 197 g/mol. The Morgan fingerprint density at radius 3 is 2.87 bits per heavy atom. The van der Waals surface area contributed by atoms with E-state index in [0.29, 0.717) is 25.3 Å². The Morgan fingerprint density at radius 1 is 1.40 bits per heavy atom. The second-order valence-corrected chi connectivity index (χ2v) is 3.93. The van der Waals surface area contributed by atoms with Crippen molar-refractivity contribution in [1.29, 1.82) is 0 Å². The van der Waals surface area contributed by atoms with Crippen LogP contribution in [0.5, 0.6) is 0 Å². The van der Waals surface area contributed by atoms with Crippen LogP contribution in [0.3, 0.4) is 0 Å². The van der Waals surface area contributed by atoms with Crippen LogP contribution in [0.1, 0.15) is 15.9 Å². The van der Waals surface area contributed by atoms with Gasteiger partial charge in [-0.25, -0.2) is 4.39 Å². The monoisotopic (exact) mass is 207 g/mol. The Hall–Kier alpha value is -1.42. The molecule has 0 radical (unpaired) electrons. The zero-order chi connectivity index (χ0) is 10.4. The summed E-state index contributed by atoms with van der Waals surface area (Å²) in [5.74, 6) is -0.424. The lowest BCUT2D eigenvalue weighted by atomic mass is 10.1. The third kappa shape index (κ3) is 1.25. The Morgan fingerprint density at radius 2 is 2.20 bits per heavy atom. The van der Waals surface area contributed by atoms with Crippen molar-refractivity contribution in [2.75, 3.05) is 13.2 Å². The molecule has 3 rings (SSSR count). The average molecular weight is 207 g/mol. The number of hydrogen-bond acceptors (Lipinski definition) is 2. The van der Waals surface area contributed by atoms with Gasteiger partial charge in [-0.2, -0.15) is 0 Å². The maximum Gasteiger partial charge on any atom is 0.255 e. The summed E-state index contributed by atoms with van der Waals surface area (Å²) in [4.78, 5) is 13.6. The fourth-order valence-electron chi connectivity index (χ4n) is 1.99. The molecule has 0 atom stereocenters. The number of nitrogens with zero attached hydrogens (tertiary/aromatic N) is 1. The van der Waals surface area contributed by atoms with E-state index in [0.717, 1.165) is 5.56 Å². The van der Waals surface area contributed by atoms with Gasteiger partial charge in [0.25, 0.3) is 5.91 Å². The lowest BCUT2D eigenvalue weighted by molar-refractivity contribution is -0.0540. The highest BCUT2D eigenvalue weighted by molar-refractivity contribution is 5.98. The van der Waals surface area contributed by atoms with E-state index in [2.05, 4.69) is 0 Å². The van der Waals surface area contributed by atoms with Crippen molar-refractivity contribution < 1.29 is 13.9 Å². The Labute approximate surface area is 86.4 Å². The van der Waals surface area contributed by atoms with Gasteiger partial charge in [-0.05, 0) is 17.7 Å². The number of benzene rings is 1. The van der Waals surface area contributed by atoms with Crippen LogP contribution < -0.4 is 0 Å². The summed E-state index contributed by atoms with van der Waals surface area (Å²) in [6.45, 7) is 1.78. The fraction of sp³-hybridized carbons (Fsp3) is 0.364. The number of fused-ring (bicyclic) bond motifs is 1. The van der Waals surface area contributed by atoms with E-state index < -0.39 is 0 Å². The molecule has 0 bridgehead atoms. The summed E-state index contributed by atoms with van der Waals surface area (Å²) in [7, 11) is 0. The van der Waals surface area contributed by atoms with Gasteiger partial charge in [0.05, 0.1) is 19.3 Å². The molecule has 0 N–H and O–H groups in total. The van der Waals surface area contributed by atoms with E-state index in [4.69, 9.17) is 4.74 Å². The normalized spacial score (nSPS) is 20.3. The van der Waals surface area contributed by atoms with Gasteiger partial charge in [-0.1, -0.05) is 6.07 Å². The van der Waals surface area contributed by atoms with Gasteiger partial charge in [0.1, 0.15) is 5.82 Å². The van der Waals surface area contributed by atoms with Crippen molar-refractivity contribution in [3.05, 3.63) is 35.1 Å². The van der Waals surface area contributed by atoms with Crippen LogP contribution in [0.2, 0.25) is 0 Å². The maximum absolute atomic E-state index is 13.0. The molecule has 1 fully saturated rings. The molecule has 4 heteroatoms. The fourth-order valence-corrected chi connectivity index (χ4v) is 1.99. The minimum atomic E-state index is -0.353. The number of rotatable bonds is 1. The highest BCUT2D eigenvalue weighted by Crippen LogP contribution is 2.27. The number of carbonyl (C=O) groups excluding carboxylic acids is 1. The first-order chi connectivity index (χ1) is 7.25. The lowest BCUT2D eigenvalue weighted by Crippen LogP contribution is -2.48. The first kappa shape index (κ1) is 8.85. The summed E-state index contributed by atoms with van der Waals surface area (Å²) in [5, 5.41) is 0. The molecule has 1 aromatic rings. The first-order valence-electron chi connectivity index (χ1n) is 4.93. The third-order valence-electron chi connectivity index (χ3n) is 2.97. The van der Waals surface area contributed by atoms with Crippen molar-refractivity contribution in [1.82, 2.24) is 4.90 Å². The topological polar surface area (TPSA) is 29.5 Å². The van der Waals surface area contributed by atoms with Crippen LogP contribution in [-0.2, 0) is 11.3 Å². The maximum atomic E-state index is 13.0. The molecule has 0 aliphatic carbocycles. The van der Waals surface area contributed by atoms with E-state index in [1.165, 1.54) is 12.1 Å². The number of hydrogen-bond donors (Lipinski definition) is 0. The lowest BCUT2D eigenvalue weighted by Gasteiger charge is -2.34. The molecule has 1 aromatic carbocycles. The van der Waals surface area contributed by atoms with Crippen LogP contribution in [0.25, 0.3) is 0 Å². The Kier molecular flexibility index (Phi) is 1.79. The molecule has 2 aliphatic heterocycles. The number of ether oxygens (including phenoxy) is 1. The van der Waals surface area contributed by atoms with Crippen molar-refractivity contribution in [3.63, 3.8) is 0 Å². The van der Waals surface area contributed by atoms with Gasteiger partial charge in [-0.3, -0.25) is 4.79 Å². The summed E-state index contributed by atoms with van der Waals surface area (Å²) < 4.78 is 18.0. The molecule has 15 heavy (non-hydrogen) atoms. The predicted molar refractivity (Wildman–Crippen MR) is 50.9 cm³/mol. The van der Waals surface area contributed by atoms with Gasteiger partial charge >= 0.3 is 0 Å². The zero-order valence-corrected chi connectivity index (χ0v) is 8.07. The van der Waals surface area contributed by atoms with Gasteiger partial charge in [-0.15, -0.1) is 0 Å². The minimum Gasteiger partial charge on any atom is -0.377 e. The van der Waals surface area contributed by atoms with E-state index >= 15 is 0 Å². The molecular formula is C11H10FNO2. The Bertz CT molecular complexity index is 429. The van der Waals surface area contributed by atoms with Gasteiger partial charge < -0.3 is 9.64 Å². The van der Waals surface area contributed by atoms with E-state index in [1.807, 2.05) is 0 Å². The molecule has 0 spiro atoms. The summed E-state index contributed by atoms with van der Waals surface area (Å²) in [5.41, 5.74) is 1.41. The van der Waals surface area contributed by atoms with Gasteiger partial charge in [0.15, 0.2) is 0 Å². The van der Waals surface area contributed by atoms with Gasteiger partial charge in [0.2, 0.25) is 0 Å². The molecule has 0 unspecified atom stereocenters. The van der Waals surface area contributed by atoms with Crippen LogP contribution in [-0.4, -0.2) is 30.1 Å². The third-order valence-corrected chi connectivity index (χ3v) is 2.97. The van der Waals surface area contributed by atoms with Crippen molar-refractivity contribution in [3.8, 4) is 0 Å². The van der Waals surface area contributed by atoms with Crippen LogP contribution in [0, 0.1) is 5.82 Å². The average Bonchev–Trinajstić information content (AvgIpc) is 2.43. The second-order valence-electron chi connectivity index (χ2n) is 3.93. The zero-order valence-electron chi connectivity index (χ0n) is 8.07. The molecule has 0 aromatic heterocycles. The van der Waals surface area contributed by atoms with Crippen LogP contribution in [0.15, 0.2) is 18.2 Å². The summed E-state index contributed by atoms with van der Waals surface area (Å²) in [6.07, 6.45) is 0. The first-order valence-corrected chi connectivity index (χ1v) is 4.93. The number of carbonyl (C=O) groups is 1. The van der Waals surface area contributed by atoms with Crippen molar-refractivity contribution >= 4 is 5.91 Å². The number of halogens is 1. The molecule has 0 saturated carbocycles. The molecule has 2 heterocycles. The highest BCUT2D eigenvalue weighted by atomic mass is 19.1. The molecule has 1 amide bonds. The predicted octanol–water partition coefficient (Wildman–Crippen LogP) is 1.18. The smallest absolute Gasteiger partial charge is 0.255 e. The largest absolute Gasteiger partial charge is 0.377 e. The Balaban J connectivity index is 1.94. The van der Waals surface area contributed by atoms with E-state index in [9.17, 15) is 9.18 Å². The van der Waals surface area contributed by atoms with Crippen LogP contribution >= 0.6 is 0 Å². The summed E-state index contributed by atoms with van der Waals surface area (Å²) in [6, 6.07) is 4.57. The molecule has 1 saturated heterocycles. The number of amides is 1. The molecule has 78 valence electrons. The van der Waals surface area contributed by atoms with Gasteiger partial charge in [0, 0.05) is 12.1 Å². The molecule has 2 aliphatic rings. The van der Waals surface area contributed by atoms with Crippen molar-refractivity contribution in [2.45, 2.75) is 12.6 Å².